The Morgan fingerprint density at radius 1 is 0.967 bits per heavy atom. The lowest BCUT2D eigenvalue weighted by Crippen LogP contribution is -2.21. The lowest BCUT2D eigenvalue weighted by atomic mass is 10.2. The number of carbonyl (C=O) groups is 2. The predicted octanol–water partition coefficient (Wildman–Crippen LogP) is 4.76. The zero-order chi connectivity index (χ0) is 21.3. The van der Waals surface area contributed by atoms with E-state index in [1.807, 2.05) is 25.1 Å². The van der Waals surface area contributed by atoms with Gasteiger partial charge in [0.15, 0.2) is 5.76 Å². The van der Waals surface area contributed by atoms with E-state index in [4.69, 9.17) is 9.15 Å². The van der Waals surface area contributed by atoms with E-state index in [1.54, 1.807) is 42.5 Å². The maximum absolute atomic E-state index is 12.2. The summed E-state index contributed by atoms with van der Waals surface area (Å²) in [6, 6.07) is 17.6. The minimum absolute atomic E-state index is 0.0840. The van der Waals surface area contributed by atoms with E-state index in [2.05, 4.69) is 22.9 Å². The molecule has 1 unspecified atom stereocenters. The van der Waals surface area contributed by atoms with Gasteiger partial charge in [0, 0.05) is 17.1 Å². The van der Waals surface area contributed by atoms with Gasteiger partial charge in [-0.1, -0.05) is 13.0 Å². The van der Waals surface area contributed by atoms with Gasteiger partial charge in [0.05, 0.1) is 18.9 Å². The summed E-state index contributed by atoms with van der Waals surface area (Å²) in [5, 5.41) is 8.63. The molecule has 0 fully saturated rings. The predicted molar refractivity (Wildman–Crippen MR) is 117 cm³/mol. The second-order valence-corrected chi connectivity index (χ2v) is 6.78. The Morgan fingerprint density at radius 3 is 2.43 bits per heavy atom. The molecule has 0 aliphatic heterocycles. The number of rotatable bonds is 9. The van der Waals surface area contributed by atoms with Crippen LogP contribution in [0.15, 0.2) is 71.3 Å². The molecule has 0 radical (unpaired) electrons. The SMILES string of the molecule is CCC(C)Oc1ccc(NC(=O)CNc2cccc(NC(=O)c3ccco3)c2)cc1. The summed E-state index contributed by atoms with van der Waals surface area (Å²) >= 11 is 0. The molecule has 0 aliphatic rings. The Kier molecular flexibility index (Phi) is 7.10. The number of amides is 2. The fourth-order valence-electron chi connectivity index (χ4n) is 2.63. The molecular formula is C23H25N3O4. The van der Waals surface area contributed by atoms with Gasteiger partial charge in [0.2, 0.25) is 5.91 Å². The van der Waals surface area contributed by atoms with E-state index in [0.717, 1.165) is 12.2 Å². The highest BCUT2D eigenvalue weighted by molar-refractivity contribution is 6.02. The molecule has 3 rings (SSSR count). The quantitative estimate of drug-likeness (QED) is 0.476. The van der Waals surface area contributed by atoms with Crippen LogP contribution < -0.4 is 20.7 Å². The number of hydrogen-bond acceptors (Lipinski definition) is 5. The minimum atomic E-state index is -0.337. The van der Waals surface area contributed by atoms with Gasteiger partial charge in [-0.25, -0.2) is 0 Å². The summed E-state index contributed by atoms with van der Waals surface area (Å²) in [7, 11) is 0. The molecule has 1 aromatic heterocycles. The highest BCUT2D eigenvalue weighted by Gasteiger charge is 2.09. The Balaban J connectivity index is 1.49. The van der Waals surface area contributed by atoms with Gasteiger partial charge in [0.25, 0.3) is 5.91 Å². The second-order valence-electron chi connectivity index (χ2n) is 6.78. The van der Waals surface area contributed by atoms with E-state index >= 15 is 0 Å². The third kappa shape index (κ3) is 6.13. The van der Waals surface area contributed by atoms with Gasteiger partial charge >= 0.3 is 0 Å². The number of anilines is 3. The summed E-state index contributed by atoms with van der Waals surface area (Å²) in [4.78, 5) is 24.3. The Hall–Kier alpha value is -3.74. The summed E-state index contributed by atoms with van der Waals surface area (Å²) < 4.78 is 10.8. The van der Waals surface area contributed by atoms with Gasteiger partial charge in [0.1, 0.15) is 5.75 Å². The molecule has 0 saturated carbocycles. The fourth-order valence-corrected chi connectivity index (χ4v) is 2.63. The van der Waals surface area contributed by atoms with Crippen LogP contribution in [-0.2, 0) is 4.79 Å². The van der Waals surface area contributed by atoms with Gasteiger partial charge in [-0.15, -0.1) is 0 Å². The summed E-state index contributed by atoms with van der Waals surface area (Å²) in [6.07, 6.45) is 2.52. The average molecular weight is 407 g/mol. The Labute approximate surface area is 175 Å². The van der Waals surface area contributed by atoms with E-state index in [9.17, 15) is 9.59 Å². The molecular weight excluding hydrogens is 382 g/mol. The van der Waals surface area contributed by atoms with Crippen LogP contribution in [-0.4, -0.2) is 24.5 Å². The molecule has 7 heteroatoms. The number of furan rings is 1. The van der Waals surface area contributed by atoms with Crippen molar-refractivity contribution in [1.82, 2.24) is 0 Å². The number of hydrogen-bond donors (Lipinski definition) is 3. The van der Waals surface area contributed by atoms with E-state index in [1.165, 1.54) is 6.26 Å². The Bertz CT molecular complexity index is 968. The summed E-state index contributed by atoms with van der Waals surface area (Å²) in [6.45, 7) is 4.16. The van der Waals surface area contributed by atoms with Crippen LogP contribution in [0.5, 0.6) is 5.75 Å². The van der Waals surface area contributed by atoms with Crippen LogP contribution >= 0.6 is 0 Å². The second kappa shape index (κ2) is 10.2. The molecule has 2 aromatic carbocycles. The van der Waals surface area contributed by atoms with Crippen molar-refractivity contribution in [3.05, 3.63) is 72.7 Å². The minimum Gasteiger partial charge on any atom is -0.491 e. The van der Waals surface area contributed by atoms with Gasteiger partial charge in [-0.2, -0.15) is 0 Å². The summed E-state index contributed by atoms with van der Waals surface area (Å²) in [5.74, 6) is 0.480. The normalized spacial score (nSPS) is 11.4. The maximum atomic E-state index is 12.2. The zero-order valence-electron chi connectivity index (χ0n) is 17.0. The van der Waals surface area contributed by atoms with Crippen LogP contribution in [0, 0.1) is 0 Å². The van der Waals surface area contributed by atoms with Crippen molar-refractivity contribution in [2.75, 3.05) is 22.5 Å². The van der Waals surface area contributed by atoms with Gasteiger partial charge < -0.3 is 25.1 Å². The molecule has 3 aromatic rings. The van der Waals surface area contributed by atoms with Gasteiger partial charge in [-0.3, -0.25) is 9.59 Å². The summed E-state index contributed by atoms with van der Waals surface area (Å²) in [5.41, 5.74) is 2.00. The third-order valence-electron chi connectivity index (χ3n) is 4.37. The molecule has 0 saturated heterocycles. The lowest BCUT2D eigenvalue weighted by molar-refractivity contribution is -0.114. The van der Waals surface area contributed by atoms with Crippen molar-refractivity contribution in [2.24, 2.45) is 0 Å². The van der Waals surface area contributed by atoms with E-state index in [0.29, 0.717) is 17.1 Å². The van der Waals surface area contributed by atoms with Crippen LogP contribution in [0.4, 0.5) is 17.1 Å². The van der Waals surface area contributed by atoms with Crippen molar-refractivity contribution in [3.8, 4) is 5.75 Å². The first-order valence-corrected chi connectivity index (χ1v) is 9.79. The van der Waals surface area contributed by atoms with Crippen molar-refractivity contribution in [2.45, 2.75) is 26.4 Å². The molecule has 0 spiro atoms. The molecule has 1 heterocycles. The molecule has 7 nitrogen and oxygen atoms in total. The van der Waals surface area contributed by atoms with Crippen LogP contribution in [0.2, 0.25) is 0 Å². The largest absolute Gasteiger partial charge is 0.491 e. The topological polar surface area (TPSA) is 92.6 Å². The molecule has 30 heavy (non-hydrogen) atoms. The maximum Gasteiger partial charge on any atom is 0.291 e. The molecule has 0 bridgehead atoms. The molecule has 3 N–H and O–H groups in total. The number of nitrogens with one attached hydrogen (secondary N) is 3. The monoisotopic (exact) mass is 407 g/mol. The lowest BCUT2D eigenvalue weighted by Gasteiger charge is -2.13. The smallest absolute Gasteiger partial charge is 0.291 e. The van der Waals surface area contributed by atoms with Crippen molar-refractivity contribution < 1.29 is 18.7 Å². The highest BCUT2D eigenvalue weighted by atomic mass is 16.5. The first-order valence-electron chi connectivity index (χ1n) is 9.79. The van der Waals surface area contributed by atoms with Crippen molar-refractivity contribution in [3.63, 3.8) is 0 Å². The van der Waals surface area contributed by atoms with E-state index < -0.39 is 0 Å². The van der Waals surface area contributed by atoms with Crippen molar-refractivity contribution >= 4 is 28.9 Å². The fraction of sp³-hybridized carbons (Fsp3) is 0.217. The third-order valence-corrected chi connectivity index (χ3v) is 4.37. The first kappa shape index (κ1) is 21.0. The van der Waals surface area contributed by atoms with E-state index in [-0.39, 0.29) is 30.2 Å². The highest BCUT2D eigenvalue weighted by Crippen LogP contribution is 2.18. The molecule has 1 atom stereocenters. The Morgan fingerprint density at radius 2 is 1.73 bits per heavy atom. The molecule has 0 aliphatic carbocycles. The van der Waals surface area contributed by atoms with Crippen molar-refractivity contribution in [1.29, 1.82) is 0 Å². The number of carbonyl (C=O) groups excluding carboxylic acids is 2. The standard InChI is InChI=1S/C23H25N3O4/c1-3-16(2)30-20-11-9-17(10-12-20)25-22(27)15-24-18-6-4-7-19(14-18)26-23(28)21-8-5-13-29-21/h4-14,16,24H,3,15H2,1-2H3,(H,25,27)(H,26,28). The molecule has 156 valence electrons. The van der Waals surface area contributed by atoms with Crippen LogP contribution in [0.25, 0.3) is 0 Å². The molecule has 2 amide bonds. The zero-order valence-corrected chi connectivity index (χ0v) is 17.0. The average Bonchev–Trinajstić information content (AvgIpc) is 3.29. The van der Waals surface area contributed by atoms with Crippen LogP contribution in [0.3, 0.4) is 0 Å². The first-order chi connectivity index (χ1) is 14.5. The van der Waals surface area contributed by atoms with Crippen LogP contribution in [0.1, 0.15) is 30.8 Å². The number of ether oxygens (including phenoxy) is 1. The number of benzene rings is 2. The van der Waals surface area contributed by atoms with Gasteiger partial charge in [-0.05, 0) is 67.9 Å².